The van der Waals surface area contributed by atoms with Gasteiger partial charge in [-0.1, -0.05) is 25.5 Å². The third-order valence-electron chi connectivity index (χ3n) is 3.02. The van der Waals surface area contributed by atoms with E-state index in [-0.39, 0.29) is 11.8 Å². The molecule has 0 aromatic rings. The Morgan fingerprint density at radius 2 is 2.27 bits per heavy atom. The lowest BCUT2D eigenvalue weighted by Gasteiger charge is -2.31. The van der Waals surface area contributed by atoms with Crippen molar-refractivity contribution < 1.29 is 4.79 Å². The number of nitrogens with zero attached hydrogens (tertiary/aromatic N) is 1. The van der Waals surface area contributed by atoms with Crippen molar-refractivity contribution in [3.05, 3.63) is 11.6 Å². The Labute approximate surface area is 92.3 Å². The van der Waals surface area contributed by atoms with Crippen LogP contribution in [0, 0.1) is 11.8 Å². The maximum absolute atomic E-state index is 12.1. The smallest absolute Gasteiger partial charge is 0.227 e. The first-order chi connectivity index (χ1) is 7.06. The second-order valence-electron chi connectivity index (χ2n) is 4.69. The Kier molecular flexibility index (Phi) is 4.33. The van der Waals surface area contributed by atoms with E-state index >= 15 is 0 Å². The molecule has 1 aliphatic rings. The summed E-state index contributed by atoms with van der Waals surface area (Å²) in [6.07, 6.45) is 3.18. The van der Waals surface area contributed by atoms with E-state index in [0.29, 0.717) is 12.5 Å². The van der Waals surface area contributed by atoms with Crippen molar-refractivity contribution in [2.75, 3.05) is 19.6 Å². The second kappa shape index (κ2) is 5.31. The summed E-state index contributed by atoms with van der Waals surface area (Å²) >= 11 is 0. The Bertz CT molecular complexity index is 258. The highest BCUT2D eigenvalue weighted by molar-refractivity contribution is 5.79. The summed E-state index contributed by atoms with van der Waals surface area (Å²) in [6.45, 7) is 8.27. The summed E-state index contributed by atoms with van der Waals surface area (Å²) < 4.78 is 0. The third-order valence-corrected chi connectivity index (χ3v) is 3.02. The average Bonchev–Trinajstić information content (AvgIpc) is 2.18. The number of hydrogen-bond acceptors (Lipinski definition) is 2. The zero-order valence-corrected chi connectivity index (χ0v) is 9.99. The molecule has 0 saturated heterocycles. The first-order valence-corrected chi connectivity index (χ1v) is 5.70. The highest BCUT2D eigenvalue weighted by Crippen LogP contribution is 2.17. The lowest BCUT2D eigenvalue weighted by Crippen LogP contribution is -2.43. The van der Waals surface area contributed by atoms with Crippen molar-refractivity contribution in [2.24, 2.45) is 17.6 Å². The summed E-state index contributed by atoms with van der Waals surface area (Å²) in [5, 5.41) is 0. The van der Waals surface area contributed by atoms with E-state index < -0.39 is 0 Å². The van der Waals surface area contributed by atoms with Crippen LogP contribution < -0.4 is 5.73 Å². The van der Waals surface area contributed by atoms with Crippen molar-refractivity contribution in [3.8, 4) is 0 Å². The van der Waals surface area contributed by atoms with Gasteiger partial charge in [-0.25, -0.2) is 0 Å². The summed E-state index contributed by atoms with van der Waals surface area (Å²) in [4.78, 5) is 14.1. The van der Waals surface area contributed by atoms with Gasteiger partial charge in [-0.15, -0.1) is 0 Å². The van der Waals surface area contributed by atoms with Gasteiger partial charge < -0.3 is 10.6 Å². The maximum atomic E-state index is 12.1. The average molecular weight is 210 g/mol. The van der Waals surface area contributed by atoms with Gasteiger partial charge in [0.1, 0.15) is 0 Å². The zero-order chi connectivity index (χ0) is 11.4. The molecular formula is C12H22N2O. The van der Waals surface area contributed by atoms with Crippen LogP contribution in [0.15, 0.2) is 11.6 Å². The first-order valence-electron chi connectivity index (χ1n) is 5.70. The van der Waals surface area contributed by atoms with Crippen molar-refractivity contribution in [1.29, 1.82) is 0 Å². The number of rotatable bonds is 3. The Morgan fingerprint density at radius 3 is 2.73 bits per heavy atom. The number of nitrogens with two attached hydrogens (primary N) is 1. The quantitative estimate of drug-likeness (QED) is 0.716. The molecule has 0 saturated carbocycles. The Hall–Kier alpha value is -0.830. The fourth-order valence-electron chi connectivity index (χ4n) is 1.99. The van der Waals surface area contributed by atoms with Gasteiger partial charge in [-0.2, -0.15) is 0 Å². The summed E-state index contributed by atoms with van der Waals surface area (Å²) in [5.74, 6) is 0.532. The van der Waals surface area contributed by atoms with E-state index in [1.807, 2.05) is 4.90 Å². The van der Waals surface area contributed by atoms with Crippen LogP contribution in [0.4, 0.5) is 0 Å². The zero-order valence-electron chi connectivity index (χ0n) is 9.99. The minimum atomic E-state index is -0.0177. The van der Waals surface area contributed by atoms with Crippen LogP contribution in [0.1, 0.15) is 27.2 Å². The minimum Gasteiger partial charge on any atom is -0.338 e. The molecule has 15 heavy (non-hydrogen) atoms. The summed E-state index contributed by atoms with van der Waals surface area (Å²) in [6, 6.07) is 0. The van der Waals surface area contributed by atoms with Crippen molar-refractivity contribution >= 4 is 5.91 Å². The van der Waals surface area contributed by atoms with Crippen LogP contribution in [0.3, 0.4) is 0 Å². The van der Waals surface area contributed by atoms with E-state index in [0.717, 1.165) is 19.5 Å². The molecular weight excluding hydrogens is 188 g/mol. The molecule has 0 aliphatic carbocycles. The van der Waals surface area contributed by atoms with Crippen molar-refractivity contribution in [3.63, 3.8) is 0 Å². The van der Waals surface area contributed by atoms with Crippen LogP contribution in [0.2, 0.25) is 0 Å². The molecule has 1 unspecified atom stereocenters. The number of carbonyl (C=O) groups excluding carboxylic acids is 1. The van der Waals surface area contributed by atoms with E-state index in [9.17, 15) is 4.79 Å². The SMILES string of the molecule is CC1=CCCN(C(=O)C(CN)C(C)C)C1. The van der Waals surface area contributed by atoms with Crippen LogP contribution in [0.5, 0.6) is 0 Å². The van der Waals surface area contributed by atoms with E-state index in [1.54, 1.807) is 0 Å². The number of hydrogen-bond donors (Lipinski definition) is 1. The monoisotopic (exact) mass is 210 g/mol. The first kappa shape index (κ1) is 12.2. The molecule has 3 nitrogen and oxygen atoms in total. The molecule has 0 aromatic heterocycles. The predicted molar refractivity (Wildman–Crippen MR) is 62.3 cm³/mol. The van der Waals surface area contributed by atoms with Crippen LogP contribution in [0.25, 0.3) is 0 Å². The molecule has 3 heteroatoms. The van der Waals surface area contributed by atoms with Crippen molar-refractivity contribution in [1.82, 2.24) is 4.90 Å². The molecule has 1 atom stereocenters. The molecule has 0 fully saturated rings. The predicted octanol–water partition coefficient (Wildman–Crippen LogP) is 1.40. The molecule has 1 amide bonds. The van der Waals surface area contributed by atoms with Gasteiger partial charge in [-0.05, 0) is 19.3 Å². The molecule has 0 bridgehead atoms. The fraction of sp³-hybridized carbons (Fsp3) is 0.750. The summed E-state index contributed by atoms with van der Waals surface area (Å²) in [5.41, 5.74) is 6.94. The highest BCUT2D eigenvalue weighted by atomic mass is 16.2. The molecule has 2 N–H and O–H groups in total. The molecule has 1 rings (SSSR count). The fourth-order valence-corrected chi connectivity index (χ4v) is 1.99. The number of carbonyl (C=O) groups is 1. The van der Waals surface area contributed by atoms with E-state index in [1.165, 1.54) is 5.57 Å². The third kappa shape index (κ3) is 3.06. The topological polar surface area (TPSA) is 46.3 Å². The lowest BCUT2D eigenvalue weighted by molar-refractivity contribution is -0.136. The normalized spacial score (nSPS) is 19.0. The highest BCUT2D eigenvalue weighted by Gasteiger charge is 2.26. The van der Waals surface area contributed by atoms with Gasteiger partial charge in [0.25, 0.3) is 0 Å². The molecule has 0 spiro atoms. The van der Waals surface area contributed by atoms with Gasteiger partial charge in [0, 0.05) is 19.6 Å². The van der Waals surface area contributed by atoms with Crippen LogP contribution in [-0.4, -0.2) is 30.4 Å². The Balaban J connectivity index is 2.63. The molecule has 86 valence electrons. The van der Waals surface area contributed by atoms with Crippen LogP contribution >= 0.6 is 0 Å². The van der Waals surface area contributed by atoms with Crippen molar-refractivity contribution in [2.45, 2.75) is 27.2 Å². The molecule has 0 radical (unpaired) electrons. The van der Waals surface area contributed by atoms with Gasteiger partial charge in [0.15, 0.2) is 0 Å². The van der Waals surface area contributed by atoms with E-state index in [2.05, 4.69) is 26.8 Å². The molecule has 1 heterocycles. The number of amides is 1. The van der Waals surface area contributed by atoms with E-state index in [4.69, 9.17) is 5.73 Å². The molecule has 0 aromatic carbocycles. The van der Waals surface area contributed by atoms with Gasteiger partial charge in [0.2, 0.25) is 5.91 Å². The summed E-state index contributed by atoms with van der Waals surface area (Å²) in [7, 11) is 0. The van der Waals surface area contributed by atoms with Gasteiger partial charge in [-0.3, -0.25) is 4.79 Å². The second-order valence-corrected chi connectivity index (χ2v) is 4.69. The largest absolute Gasteiger partial charge is 0.338 e. The lowest BCUT2D eigenvalue weighted by atomic mass is 9.93. The van der Waals surface area contributed by atoms with Gasteiger partial charge in [0.05, 0.1) is 5.92 Å². The standard InChI is InChI=1S/C12H22N2O/c1-9(2)11(7-13)12(15)14-6-4-5-10(3)8-14/h5,9,11H,4,6-8,13H2,1-3H3. The van der Waals surface area contributed by atoms with Gasteiger partial charge >= 0.3 is 0 Å². The van der Waals surface area contributed by atoms with Crippen LogP contribution in [-0.2, 0) is 4.79 Å². The Morgan fingerprint density at radius 1 is 1.60 bits per heavy atom. The minimum absolute atomic E-state index is 0.0177. The maximum Gasteiger partial charge on any atom is 0.227 e. The molecule has 1 aliphatic heterocycles.